The zero-order valence-electron chi connectivity index (χ0n) is 15.5. The van der Waals surface area contributed by atoms with Crippen molar-refractivity contribution in [2.24, 2.45) is 5.92 Å². The molecule has 0 unspecified atom stereocenters. The van der Waals surface area contributed by atoms with Gasteiger partial charge < -0.3 is 20.1 Å². The van der Waals surface area contributed by atoms with E-state index in [4.69, 9.17) is 9.47 Å². The Morgan fingerprint density at radius 2 is 2.04 bits per heavy atom. The number of fused-ring (bicyclic) bond motifs is 1. The lowest BCUT2D eigenvalue weighted by Crippen LogP contribution is -2.52. The second kappa shape index (κ2) is 8.37. The highest BCUT2D eigenvalue weighted by molar-refractivity contribution is 6.04. The van der Waals surface area contributed by atoms with Crippen molar-refractivity contribution in [3.05, 3.63) is 29.8 Å². The van der Waals surface area contributed by atoms with Gasteiger partial charge in [-0.15, -0.1) is 0 Å². The molecule has 2 N–H and O–H groups in total. The molecular formula is C20H27N3O4. The lowest BCUT2D eigenvalue weighted by atomic mass is 9.95. The molecule has 3 atom stereocenters. The lowest BCUT2D eigenvalue weighted by Gasteiger charge is -2.37. The molecule has 146 valence electrons. The van der Waals surface area contributed by atoms with Crippen LogP contribution in [0.4, 0.5) is 5.69 Å². The molecule has 1 aromatic rings. The Bertz CT molecular complexity index is 684. The van der Waals surface area contributed by atoms with E-state index in [0.29, 0.717) is 12.5 Å². The zero-order chi connectivity index (χ0) is 18.6. The first kappa shape index (κ1) is 18.4. The summed E-state index contributed by atoms with van der Waals surface area (Å²) in [5.41, 5.74) is 1.72. The van der Waals surface area contributed by atoms with Crippen molar-refractivity contribution >= 4 is 17.5 Å². The van der Waals surface area contributed by atoms with Crippen LogP contribution in [0.5, 0.6) is 0 Å². The molecule has 2 saturated heterocycles. The smallest absolute Gasteiger partial charge is 0.232 e. The Morgan fingerprint density at radius 1 is 1.22 bits per heavy atom. The molecule has 2 fully saturated rings. The van der Waals surface area contributed by atoms with Crippen LogP contribution in [0, 0.1) is 5.92 Å². The van der Waals surface area contributed by atoms with E-state index < -0.39 is 5.92 Å². The number of anilines is 1. The van der Waals surface area contributed by atoms with E-state index >= 15 is 0 Å². The summed E-state index contributed by atoms with van der Waals surface area (Å²) < 4.78 is 11.0. The van der Waals surface area contributed by atoms with Crippen molar-refractivity contribution in [2.45, 2.75) is 24.8 Å². The second-order valence-corrected chi connectivity index (χ2v) is 7.48. The predicted molar refractivity (Wildman–Crippen MR) is 101 cm³/mol. The largest absolute Gasteiger partial charge is 0.381 e. The Balaban J connectivity index is 1.36. The molecule has 0 spiro atoms. The molecule has 27 heavy (non-hydrogen) atoms. The highest BCUT2D eigenvalue weighted by Gasteiger charge is 2.34. The van der Waals surface area contributed by atoms with Gasteiger partial charge in [0, 0.05) is 50.3 Å². The monoisotopic (exact) mass is 373 g/mol. The highest BCUT2D eigenvalue weighted by Crippen LogP contribution is 2.34. The van der Waals surface area contributed by atoms with Crippen molar-refractivity contribution in [1.82, 2.24) is 10.2 Å². The first-order chi connectivity index (χ1) is 13.2. The summed E-state index contributed by atoms with van der Waals surface area (Å²) in [5.74, 6) is -0.152. The molecule has 0 bridgehead atoms. The van der Waals surface area contributed by atoms with E-state index in [1.54, 1.807) is 0 Å². The number of carbonyl (C=O) groups is 2. The van der Waals surface area contributed by atoms with Crippen LogP contribution in [0.2, 0.25) is 0 Å². The minimum absolute atomic E-state index is 0.0796. The zero-order valence-corrected chi connectivity index (χ0v) is 15.5. The van der Waals surface area contributed by atoms with Crippen molar-refractivity contribution in [3.8, 4) is 0 Å². The molecule has 0 aliphatic carbocycles. The number of hydrogen-bond acceptors (Lipinski definition) is 5. The molecule has 3 aliphatic rings. The summed E-state index contributed by atoms with van der Waals surface area (Å²) in [6, 6.07) is 7.83. The fraction of sp³-hybridized carbons (Fsp3) is 0.600. The van der Waals surface area contributed by atoms with Crippen LogP contribution in [-0.2, 0) is 19.1 Å². The van der Waals surface area contributed by atoms with Gasteiger partial charge in [-0.2, -0.15) is 0 Å². The van der Waals surface area contributed by atoms with Crippen LogP contribution in [-0.4, -0.2) is 68.8 Å². The van der Waals surface area contributed by atoms with E-state index in [-0.39, 0.29) is 24.3 Å². The maximum absolute atomic E-state index is 12.6. The topological polar surface area (TPSA) is 79.9 Å². The molecule has 2 amide bonds. The van der Waals surface area contributed by atoms with Gasteiger partial charge in [0.2, 0.25) is 11.8 Å². The summed E-state index contributed by atoms with van der Waals surface area (Å²) >= 11 is 0. The van der Waals surface area contributed by atoms with Crippen molar-refractivity contribution in [3.63, 3.8) is 0 Å². The maximum atomic E-state index is 12.6. The number of rotatable bonds is 6. The first-order valence-corrected chi connectivity index (χ1v) is 9.78. The van der Waals surface area contributed by atoms with Crippen LogP contribution in [0.25, 0.3) is 0 Å². The number of nitrogens with one attached hydrogen (secondary N) is 2. The van der Waals surface area contributed by atoms with Gasteiger partial charge in [0.05, 0.1) is 25.7 Å². The van der Waals surface area contributed by atoms with E-state index in [0.717, 1.165) is 57.2 Å². The summed E-state index contributed by atoms with van der Waals surface area (Å²) in [7, 11) is 0. The molecule has 0 saturated carbocycles. The normalized spacial score (nSPS) is 26.4. The summed E-state index contributed by atoms with van der Waals surface area (Å²) in [6.07, 6.45) is 1.20. The minimum Gasteiger partial charge on any atom is -0.381 e. The predicted octanol–water partition coefficient (Wildman–Crippen LogP) is 0.966. The SMILES string of the molecule is O=C(C[C@@H]1C(=O)Nc2ccccc21)NC[C@H]([C@@H]1CCOC1)N1CCOCC1. The van der Waals surface area contributed by atoms with Gasteiger partial charge in [0.15, 0.2) is 0 Å². The number of nitrogens with zero attached hydrogens (tertiary/aromatic N) is 1. The molecule has 3 heterocycles. The molecule has 3 aliphatic heterocycles. The molecule has 4 rings (SSSR count). The Hall–Kier alpha value is -1.96. The summed E-state index contributed by atoms with van der Waals surface area (Å²) in [6.45, 7) is 5.36. The number of hydrogen-bond donors (Lipinski definition) is 2. The fourth-order valence-electron chi connectivity index (χ4n) is 4.31. The number of morpholine rings is 1. The van der Waals surface area contributed by atoms with Crippen molar-refractivity contribution in [2.75, 3.05) is 51.4 Å². The molecule has 7 heteroatoms. The van der Waals surface area contributed by atoms with E-state index in [1.807, 2.05) is 24.3 Å². The molecular weight excluding hydrogens is 346 g/mol. The van der Waals surface area contributed by atoms with Crippen LogP contribution in [0.3, 0.4) is 0 Å². The second-order valence-electron chi connectivity index (χ2n) is 7.48. The number of para-hydroxylation sites is 1. The number of carbonyl (C=O) groups excluding carboxylic acids is 2. The van der Waals surface area contributed by atoms with Gasteiger partial charge in [-0.3, -0.25) is 14.5 Å². The van der Waals surface area contributed by atoms with Gasteiger partial charge in [0.25, 0.3) is 0 Å². The molecule has 1 aromatic carbocycles. The third-order valence-corrected chi connectivity index (χ3v) is 5.83. The van der Waals surface area contributed by atoms with E-state index in [2.05, 4.69) is 15.5 Å². The maximum Gasteiger partial charge on any atom is 0.232 e. The van der Waals surface area contributed by atoms with Gasteiger partial charge in [0.1, 0.15) is 0 Å². The third kappa shape index (κ3) is 4.15. The van der Waals surface area contributed by atoms with Crippen molar-refractivity contribution < 1.29 is 19.1 Å². The Morgan fingerprint density at radius 3 is 2.81 bits per heavy atom. The van der Waals surface area contributed by atoms with E-state index in [9.17, 15) is 9.59 Å². The quantitative estimate of drug-likeness (QED) is 0.777. The summed E-state index contributed by atoms with van der Waals surface area (Å²) in [5, 5.41) is 5.93. The number of amides is 2. The van der Waals surface area contributed by atoms with Crippen LogP contribution in [0.1, 0.15) is 24.3 Å². The molecule has 0 radical (unpaired) electrons. The Labute approximate surface area is 159 Å². The summed E-state index contributed by atoms with van der Waals surface area (Å²) in [4.78, 5) is 27.2. The van der Waals surface area contributed by atoms with E-state index in [1.165, 1.54) is 0 Å². The fourth-order valence-corrected chi connectivity index (χ4v) is 4.31. The highest BCUT2D eigenvalue weighted by atomic mass is 16.5. The number of benzene rings is 1. The van der Waals surface area contributed by atoms with Gasteiger partial charge in [-0.25, -0.2) is 0 Å². The minimum atomic E-state index is -0.405. The van der Waals surface area contributed by atoms with Gasteiger partial charge in [-0.05, 0) is 18.1 Å². The van der Waals surface area contributed by atoms with Crippen LogP contribution < -0.4 is 10.6 Å². The van der Waals surface area contributed by atoms with Crippen molar-refractivity contribution in [1.29, 1.82) is 0 Å². The molecule has 7 nitrogen and oxygen atoms in total. The number of ether oxygens (including phenoxy) is 2. The average molecular weight is 373 g/mol. The standard InChI is InChI=1S/C20H27N3O4/c24-19(11-16-15-3-1-2-4-17(15)22-20(16)25)21-12-18(14-5-8-27-13-14)23-6-9-26-10-7-23/h1-4,14,16,18H,5-13H2,(H,21,24)(H,22,25)/t14-,16+,18-/m1/s1. The lowest BCUT2D eigenvalue weighted by molar-refractivity contribution is -0.125. The first-order valence-electron chi connectivity index (χ1n) is 9.78. The molecule has 0 aromatic heterocycles. The van der Waals surface area contributed by atoms with Gasteiger partial charge >= 0.3 is 0 Å². The third-order valence-electron chi connectivity index (χ3n) is 5.83. The average Bonchev–Trinajstić information content (AvgIpc) is 3.32. The van der Waals surface area contributed by atoms with Gasteiger partial charge in [-0.1, -0.05) is 18.2 Å². The Kier molecular flexibility index (Phi) is 5.71. The van der Waals surface area contributed by atoms with Crippen LogP contribution >= 0.6 is 0 Å². The van der Waals surface area contributed by atoms with Crippen LogP contribution in [0.15, 0.2) is 24.3 Å².